The van der Waals surface area contributed by atoms with Gasteiger partial charge in [-0.25, -0.2) is 0 Å². The molecule has 0 aromatic heterocycles. The van der Waals surface area contributed by atoms with Crippen LogP contribution in [-0.2, 0) is 4.79 Å². The molecule has 2 saturated heterocycles. The molecule has 3 unspecified atom stereocenters. The van der Waals surface area contributed by atoms with Crippen LogP contribution in [0.1, 0.15) is 37.3 Å². The second-order valence-electron chi connectivity index (χ2n) is 6.28. The van der Waals surface area contributed by atoms with Crippen molar-refractivity contribution >= 4 is 33.2 Å². The molecule has 112 valence electrons. The average molecular weight is 352 g/mol. The van der Waals surface area contributed by atoms with Gasteiger partial charge in [0, 0.05) is 27.8 Å². The molecule has 3 heterocycles. The summed E-state index contributed by atoms with van der Waals surface area (Å²) in [4.78, 5) is 14.1. The maximum Gasteiger partial charge on any atom is 0.245 e. The van der Waals surface area contributed by atoms with Crippen molar-refractivity contribution in [2.24, 2.45) is 5.73 Å². The molecule has 0 saturated carbocycles. The topological polar surface area (TPSA) is 78.6 Å². The first kappa shape index (κ1) is 13.5. The Kier molecular flexibility index (Phi) is 3.03. The summed E-state index contributed by atoms with van der Waals surface area (Å²) in [5.74, 6) is -0.147. The first-order valence-corrected chi connectivity index (χ1v) is 8.20. The first-order valence-electron chi connectivity index (χ1n) is 7.41. The van der Waals surface area contributed by atoms with E-state index in [1.54, 1.807) is 0 Å². The van der Waals surface area contributed by atoms with E-state index in [0.29, 0.717) is 12.1 Å². The number of aliphatic hydroxyl groups excluding tert-OH is 1. The van der Waals surface area contributed by atoms with Crippen molar-refractivity contribution < 1.29 is 9.90 Å². The maximum atomic E-state index is 11.7. The highest BCUT2D eigenvalue weighted by atomic mass is 79.9. The number of nitrogens with zero attached hydrogens (tertiary/aromatic N) is 1. The van der Waals surface area contributed by atoms with Crippen LogP contribution in [0.5, 0.6) is 0 Å². The van der Waals surface area contributed by atoms with Gasteiger partial charge in [0.1, 0.15) is 6.04 Å². The Hall–Kier alpha value is -1.11. The minimum Gasteiger partial charge on any atom is -0.393 e. The fourth-order valence-electron chi connectivity index (χ4n) is 4.03. The predicted molar refractivity (Wildman–Crippen MR) is 84.2 cm³/mol. The fourth-order valence-corrected chi connectivity index (χ4v) is 4.60. The number of aliphatic hydroxyl groups is 1. The van der Waals surface area contributed by atoms with Gasteiger partial charge in [-0.2, -0.15) is 0 Å². The molecule has 0 aliphatic carbocycles. The molecule has 1 aromatic carbocycles. The van der Waals surface area contributed by atoms with Crippen LogP contribution in [0.15, 0.2) is 16.6 Å². The number of benzene rings is 1. The van der Waals surface area contributed by atoms with Gasteiger partial charge in [-0.05, 0) is 53.7 Å². The van der Waals surface area contributed by atoms with Crippen molar-refractivity contribution in [1.29, 1.82) is 0 Å². The highest BCUT2D eigenvalue weighted by molar-refractivity contribution is 9.10. The van der Waals surface area contributed by atoms with Crippen molar-refractivity contribution in [2.45, 2.75) is 49.9 Å². The lowest BCUT2D eigenvalue weighted by Gasteiger charge is -2.39. The largest absolute Gasteiger partial charge is 0.393 e. The van der Waals surface area contributed by atoms with E-state index in [9.17, 15) is 9.90 Å². The molecule has 21 heavy (non-hydrogen) atoms. The molecule has 3 aliphatic heterocycles. The zero-order valence-electron chi connectivity index (χ0n) is 11.6. The molecule has 5 nitrogen and oxygen atoms in total. The average Bonchev–Trinajstić information content (AvgIpc) is 2.85. The zero-order chi connectivity index (χ0) is 14.7. The quantitative estimate of drug-likeness (QED) is 0.721. The summed E-state index contributed by atoms with van der Waals surface area (Å²) in [6.07, 6.45) is 3.71. The highest BCUT2D eigenvalue weighted by Gasteiger charge is 2.41. The van der Waals surface area contributed by atoms with E-state index >= 15 is 0 Å². The van der Waals surface area contributed by atoms with Crippen LogP contribution in [0.4, 0.5) is 11.4 Å². The summed E-state index contributed by atoms with van der Waals surface area (Å²) in [6.45, 7) is 0. The molecular weight excluding hydrogens is 334 g/mol. The van der Waals surface area contributed by atoms with Gasteiger partial charge in [0.2, 0.25) is 5.91 Å². The number of fused-ring (bicyclic) bond motifs is 3. The number of anilines is 2. The first-order chi connectivity index (χ1) is 10.0. The minimum atomic E-state index is -0.578. The van der Waals surface area contributed by atoms with E-state index in [1.807, 2.05) is 12.1 Å². The predicted octanol–water partition coefficient (Wildman–Crippen LogP) is 1.89. The number of carbonyl (C=O) groups is 1. The van der Waals surface area contributed by atoms with Gasteiger partial charge in [0.05, 0.1) is 11.8 Å². The number of piperidine rings is 1. The lowest BCUT2D eigenvalue weighted by molar-refractivity contribution is -0.116. The molecule has 0 spiro atoms. The van der Waals surface area contributed by atoms with Crippen LogP contribution in [0, 0.1) is 0 Å². The lowest BCUT2D eigenvalue weighted by atomic mass is 9.98. The molecule has 2 bridgehead atoms. The highest BCUT2D eigenvalue weighted by Crippen LogP contribution is 2.45. The van der Waals surface area contributed by atoms with Crippen LogP contribution >= 0.6 is 15.9 Å². The second kappa shape index (κ2) is 4.69. The van der Waals surface area contributed by atoms with Gasteiger partial charge in [-0.3, -0.25) is 4.79 Å². The molecule has 3 aliphatic rings. The fraction of sp³-hybridized carbons (Fsp3) is 0.533. The number of rotatable bonds is 1. The minimum absolute atomic E-state index is 0.147. The van der Waals surface area contributed by atoms with Crippen molar-refractivity contribution in [2.75, 3.05) is 10.2 Å². The molecule has 0 radical (unpaired) electrons. The molecule has 2 fully saturated rings. The van der Waals surface area contributed by atoms with Gasteiger partial charge in [0.15, 0.2) is 0 Å². The summed E-state index contributed by atoms with van der Waals surface area (Å²) < 4.78 is 0.974. The normalized spacial score (nSPS) is 34.0. The second-order valence-corrected chi connectivity index (χ2v) is 7.13. The molecule has 1 aromatic rings. The Labute approximate surface area is 131 Å². The lowest BCUT2D eigenvalue weighted by Crippen LogP contribution is -2.45. The molecule has 4 rings (SSSR count). The van der Waals surface area contributed by atoms with Gasteiger partial charge in [-0.1, -0.05) is 0 Å². The monoisotopic (exact) mass is 351 g/mol. The van der Waals surface area contributed by atoms with Crippen LogP contribution < -0.4 is 16.0 Å². The van der Waals surface area contributed by atoms with Crippen LogP contribution in [0.2, 0.25) is 0 Å². The van der Waals surface area contributed by atoms with Crippen LogP contribution in [0.3, 0.4) is 0 Å². The smallest absolute Gasteiger partial charge is 0.245 e. The summed E-state index contributed by atoms with van der Waals surface area (Å²) in [7, 11) is 0. The van der Waals surface area contributed by atoms with E-state index in [1.165, 1.54) is 0 Å². The van der Waals surface area contributed by atoms with Crippen molar-refractivity contribution in [3.8, 4) is 0 Å². The van der Waals surface area contributed by atoms with E-state index in [0.717, 1.165) is 47.1 Å². The molecule has 4 N–H and O–H groups in total. The van der Waals surface area contributed by atoms with E-state index < -0.39 is 6.04 Å². The standard InChI is InChI=1S/C15H18BrN3O2/c16-11-5-10-12(18-15(21)14(10)17)6-13(11)19-7-1-2-8(19)4-9(20)3-7/h5-9,14,20H,1-4,17H2,(H,18,21). The van der Waals surface area contributed by atoms with Crippen LogP contribution in [-0.4, -0.2) is 29.2 Å². The number of carbonyl (C=O) groups excluding carboxylic acids is 1. The number of amides is 1. The van der Waals surface area contributed by atoms with E-state index in [4.69, 9.17) is 5.73 Å². The van der Waals surface area contributed by atoms with Gasteiger partial charge in [0.25, 0.3) is 0 Å². The van der Waals surface area contributed by atoms with Crippen molar-refractivity contribution in [3.63, 3.8) is 0 Å². The van der Waals surface area contributed by atoms with Gasteiger partial charge >= 0.3 is 0 Å². The Bertz CT molecular complexity index is 607. The molecular formula is C15H18BrN3O2. The summed E-state index contributed by atoms with van der Waals surface area (Å²) in [5, 5.41) is 12.8. The van der Waals surface area contributed by atoms with Gasteiger partial charge < -0.3 is 21.1 Å². The Morgan fingerprint density at radius 2 is 1.95 bits per heavy atom. The maximum absolute atomic E-state index is 11.7. The number of nitrogens with two attached hydrogens (primary N) is 1. The third-order valence-corrected chi connectivity index (χ3v) is 5.62. The molecule has 1 amide bonds. The third-order valence-electron chi connectivity index (χ3n) is 4.98. The van der Waals surface area contributed by atoms with Crippen molar-refractivity contribution in [1.82, 2.24) is 0 Å². The molecule has 6 heteroatoms. The Morgan fingerprint density at radius 3 is 2.62 bits per heavy atom. The Morgan fingerprint density at radius 1 is 1.29 bits per heavy atom. The number of nitrogens with one attached hydrogen (secondary N) is 1. The summed E-state index contributed by atoms with van der Waals surface area (Å²) in [6, 6.07) is 4.17. The Balaban J connectivity index is 1.74. The SMILES string of the molecule is NC1C(=O)Nc2cc(N3C4CCC3CC(O)C4)c(Br)cc21. The number of hydrogen-bond acceptors (Lipinski definition) is 4. The summed E-state index contributed by atoms with van der Waals surface area (Å²) >= 11 is 3.63. The van der Waals surface area contributed by atoms with E-state index in [2.05, 4.69) is 26.1 Å². The van der Waals surface area contributed by atoms with E-state index in [-0.39, 0.29) is 12.0 Å². The van der Waals surface area contributed by atoms with Crippen LogP contribution in [0.25, 0.3) is 0 Å². The zero-order valence-corrected chi connectivity index (χ0v) is 13.1. The third kappa shape index (κ3) is 2.00. The number of halogens is 1. The summed E-state index contributed by atoms with van der Waals surface area (Å²) in [5.41, 5.74) is 8.66. The van der Waals surface area contributed by atoms with Gasteiger partial charge in [-0.15, -0.1) is 0 Å². The van der Waals surface area contributed by atoms with Crippen molar-refractivity contribution in [3.05, 3.63) is 22.2 Å². The molecule has 3 atom stereocenters. The number of hydrogen-bond donors (Lipinski definition) is 3.